The van der Waals surface area contributed by atoms with Gasteiger partial charge in [-0.3, -0.25) is 4.57 Å². The van der Waals surface area contributed by atoms with Gasteiger partial charge in [0.1, 0.15) is 11.6 Å². The van der Waals surface area contributed by atoms with Gasteiger partial charge in [-0.25, -0.2) is 9.78 Å². The zero-order chi connectivity index (χ0) is 18.4. The Hall–Kier alpha value is -3.08. The van der Waals surface area contributed by atoms with Gasteiger partial charge >= 0.3 is 5.97 Å². The minimum atomic E-state index is -1.08. The van der Waals surface area contributed by atoms with Gasteiger partial charge in [-0.1, -0.05) is 36.4 Å². The Morgan fingerprint density at radius 1 is 1.36 bits per heavy atom. The van der Waals surface area contributed by atoms with Crippen LogP contribution in [0.3, 0.4) is 0 Å². The van der Waals surface area contributed by atoms with Gasteiger partial charge in [-0.2, -0.15) is 0 Å². The minimum absolute atomic E-state index is 0.0261. The second kappa shape index (κ2) is 8.15. The zero-order valence-electron chi connectivity index (χ0n) is 14.7. The molecular weight excluding hydrogens is 316 g/mol. The molecule has 0 saturated heterocycles. The summed E-state index contributed by atoms with van der Waals surface area (Å²) in [4.78, 5) is 15.7. The lowest BCUT2D eigenvalue weighted by atomic mass is 10.1. The van der Waals surface area contributed by atoms with E-state index in [9.17, 15) is 9.90 Å². The molecule has 0 radical (unpaired) electrons. The summed E-state index contributed by atoms with van der Waals surface area (Å²) in [7, 11) is 0. The second-order valence-electron chi connectivity index (χ2n) is 5.39. The molecule has 0 spiro atoms. The Kier molecular flexibility index (Phi) is 5.95. The fourth-order valence-electron chi connectivity index (χ4n) is 2.33. The molecule has 130 valence electrons. The third-order valence-corrected chi connectivity index (χ3v) is 3.61. The Morgan fingerprint density at radius 2 is 2.04 bits per heavy atom. The molecule has 1 N–H and O–H groups in total. The van der Waals surface area contributed by atoms with Gasteiger partial charge in [0.05, 0.1) is 12.3 Å². The first-order valence-electron chi connectivity index (χ1n) is 8.03. The van der Waals surface area contributed by atoms with E-state index in [1.54, 1.807) is 10.6 Å². The highest BCUT2D eigenvalue weighted by atomic mass is 16.5. The van der Waals surface area contributed by atoms with Crippen molar-refractivity contribution in [3.63, 3.8) is 0 Å². The van der Waals surface area contributed by atoms with Crippen LogP contribution >= 0.6 is 0 Å². The zero-order valence-corrected chi connectivity index (χ0v) is 14.7. The van der Waals surface area contributed by atoms with Crippen molar-refractivity contribution in [1.82, 2.24) is 9.55 Å². The summed E-state index contributed by atoms with van der Waals surface area (Å²) in [6, 6.07) is 7.76. The lowest BCUT2D eigenvalue weighted by Crippen LogP contribution is -1.99. The van der Waals surface area contributed by atoms with Gasteiger partial charge in [0.25, 0.3) is 0 Å². The molecule has 0 amide bonds. The van der Waals surface area contributed by atoms with Gasteiger partial charge in [-0.05, 0) is 32.9 Å². The van der Waals surface area contributed by atoms with E-state index in [0.717, 1.165) is 11.1 Å². The molecule has 1 aromatic heterocycles. The SMILES string of the molecule is C=C/C(=C\C(=C/C)OCC)n1cc(C(=O)O)nc1-c1ccc(C)cc1. The molecule has 1 aromatic carbocycles. The van der Waals surface area contributed by atoms with Crippen LogP contribution in [0, 0.1) is 6.92 Å². The fraction of sp³-hybridized carbons (Fsp3) is 0.200. The summed E-state index contributed by atoms with van der Waals surface area (Å²) < 4.78 is 7.26. The number of aryl methyl sites for hydroxylation is 1. The molecule has 0 fully saturated rings. The van der Waals surface area contributed by atoms with E-state index in [0.29, 0.717) is 23.9 Å². The number of benzene rings is 1. The monoisotopic (exact) mass is 338 g/mol. The lowest BCUT2D eigenvalue weighted by Gasteiger charge is -2.11. The summed E-state index contributed by atoms with van der Waals surface area (Å²) >= 11 is 0. The molecule has 0 atom stereocenters. The maximum absolute atomic E-state index is 11.4. The third-order valence-electron chi connectivity index (χ3n) is 3.61. The summed E-state index contributed by atoms with van der Waals surface area (Å²) in [5, 5.41) is 9.32. The van der Waals surface area contributed by atoms with E-state index < -0.39 is 5.97 Å². The molecule has 2 rings (SSSR count). The maximum atomic E-state index is 11.4. The Labute approximate surface area is 147 Å². The van der Waals surface area contributed by atoms with E-state index in [2.05, 4.69) is 11.6 Å². The van der Waals surface area contributed by atoms with Crippen molar-refractivity contribution in [2.45, 2.75) is 20.8 Å². The molecule has 0 aliphatic carbocycles. The minimum Gasteiger partial charge on any atom is -0.494 e. The quantitative estimate of drug-likeness (QED) is 0.595. The predicted octanol–water partition coefficient (Wildman–Crippen LogP) is 4.52. The van der Waals surface area contributed by atoms with Crippen LogP contribution in [-0.4, -0.2) is 27.2 Å². The normalized spacial score (nSPS) is 12.1. The number of rotatable bonds is 7. The summed E-state index contributed by atoms with van der Waals surface area (Å²) in [6.45, 7) is 10.2. The number of allylic oxidation sites excluding steroid dienone is 4. The molecule has 5 heteroatoms. The number of aromatic carboxylic acids is 1. The van der Waals surface area contributed by atoms with Crippen LogP contribution in [0.1, 0.15) is 29.9 Å². The van der Waals surface area contributed by atoms with E-state index in [4.69, 9.17) is 4.74 Å². The molecule has 5 nitrogen and oxygen atoms in total. The predicted molar refractivity (Wildman–Crippen MR) is 99.2 cm³/mol. The molecule has 25 heavy (non-hydrogen) atoms. The Morgan fingerprint density at radius 3 is 2.56 bits per heavy atom. The number of aromatic nitrogens is 2. The molecular formula is C20H22N2O3. The number of hydrogen-bond donors (Lipinski definition) is 1. The third kappa shape index (κ3) is 4.26. The van der Waals surface area contributed by atoms with Crippen LogP contribution in [-0.2, 0) is 4.74 Å². The maximum Gasteiger partial charge on any atom is 0.356 e. The molecule has 0 bridgehead atoms. The molecule has 0 aliphatic heterocycles. The van der Waals surface area contributed by atoms with Crippen LogP contribution in [0.25, 0.3) is 17.1 Å². The molecule has 1 heterocycles. The van der Waals surface area contributed by atoms with Crippen molar-refractivity contribution in [1.29, 1.82) is 0 Å². The Balaban J connectivity index is 2.61. The van der Waals surface area contributed by atoms with Gasteiger partial charge in [0.2, 0.25) is 0 Å². The van der Waals surface area contributed by atoms with Gasteiger partial charge in [0, 0.05) is 17.8 Å². The molecule has 2 aromatic rings. The van der Waals surface area contributed by atoms with Crippen LogP contribution in [0.15, 0.2) is 61.0 Å². The molecule has 0 aliphatic rings. The van der Waals surface area contributed by atoms with Crippen LogP contribution in [0.4, 0.5) is 0 Å². The first-order valence-corrected chi connectivity index (χ1v) is 8.03. The lowest BCUT2D eigenvalue weighted by molar-refractivity contribution is 0.0691. The molecule has 0 saturated carbocycles. The van der Waals surface area contributed by atoms with Gasteiger partial charge in [0.15, 0.2) is 5.69 Å². The smallest absolute Gasteiger partial charge is 0.356 e. The van der Waals surface area contributed by atoms with E-state index in [1.807, 2.05) is 57.2 Å². The highest BCUT2D eigenvalue weighted by Gasteiger charge is 2.16. The van der Waals surface area contributed by atoms with E-state index in [-0.39, 0.29) is 5.69 Å². The number of nitrogens with zero attached hydrogens (tertiary/aromatic N) is 2. The van der Waals surface area contributed by atoms with E-state index in [1.165, 1.54) is 6.20 Å². The number of hydrogen-bond acceptors (Lipinski definition) is 3. The second-order valence-corrected chi connectivity index (χ2v) is 5.39. The van der Waals surface area contributed by atoms with Crippen molar-refractivity contribution in [3.05, 3.63) is 72.3 Å². The van der Waals surface area contributed by atoms with Crippen LogP contribution in [0.2, 0.25) is 0 Å². The van der Waals surface area contributed by atoms with Crippen LogP contribution < -0.4 is 0 Å². The number of ether oxygens (including phenoxy) is 1. The Bertz CT molecular complexity index is 827. The average Bonchev–Trinajstić information content (AvgIpc) is 3.04. The fourth-order valence-corrected chi connectivity index (χ4v) is 2.33. The molecule has 0 unspecified atom stereocenters. The number of carboxylic acid groups (broad SMARTS) is 1. The first-order chi connectivity index (χ1) is 12.0. The summed E-state index contributed by atoms with van der Waals surface area (Å²) in [5.74, 6) is 0.139. The number of carboxylic acids is 1. The van der Waals surface area contributed by atoms with Crippen molar-refractivity contribution < 1.29 is 14.6 Å². The average molecular weight is 338 g/mol. The summed E-state index contributed by atoms with van der Waals surface area (Å²) in [5.41, 5.74) is 2.59. The van der Waals surface area contributed by atoms with Gasteiger partial charge in [-0.15, -0.1) is 0 Å². The highest BCUT2D eigenvalue weighted by Crippen LogP contribution is 2.24. The van der Waals surface area contributed by atoms with Crippen molar-refractivity contribution in [3.8, 4) is 11.4 Å². The largest absolute Gasteiger partial charge is 0.494 e. The standard InChI is InChI=1S/C20H22N2O3/c1-5-16(12-17(6-2)25-7-3)22-13-18(20(23)24)21-19(22)15-10-8-14(4)9-11-15/h5-6,8-13H,1,7H2,2-4H3,(H,23,24)/b16-12+,17-6+. The van der Waals surface area contributed by atoms with E-state index >= 15 is 0 Å². The number of carbonyl (C=O) groups is 1. The number of imidazole rings is 1. The van der Waals surface area contributed by atoms with Crippen molar-refractivity contribution in [2.24, 2.45) is 0 Å². The van der Waals surface area contributed by atoms with Crippen molar-refractivity contribution >= 4 is 11.7 Å². The van der Waals surface area contributed by atoms with Crippen LogP contribution in [0.5, 0.6) is 0 Å². The van der Waals surface area contributed by atoms with Gasteiger partial charge < -0.3 is 9.84 Å². The highest BCUT2D eigenvalue weighted by molar-refractivity contribution is 5.87. The first kappa shape index (κ1) is 18.3. The van der Waals surface area contributed by atoms with Crippen molar-refractivity contribution in [2.75, 3.05) is 6.61 Å². The summed E-state index contributed by atoms with van der Waals surface area (Å²) in [6.07, 6.45) is 6.78. The topological polar surface area (TPSA) is 64.3 Å².